The number of fused-ring (bicyclic) bond motifs is 1. The third-order valence-electron chi connectivity index (χ3n) is 4.67. The van der Waals surface area contributed by atoms with Gasteiger partial charge in [-0.05, 0) is 37.1 Å². The van der Waals surface area contributed by atoms with E-state index in [1.807, 2.05) is 46.3 Å². The van der Waals surface area contributed by atoms with Crippen LogP contribution in [0.5, 0.6) is 5.75 Å². The van der Waals surface area contributed by atoms with Crippen LogP contribution in [-0.4, -0.2) is 28.4 Å². The van der Waals surface area contributed by atoms with E-state index in [1.165, 1.54) is 23.5 Å². The number of unbranched alkanes of at least 4 members (excludes halogenated alkanes) is 1. The van der Waals surface area contributed by atoms with Gasteiger partial charge in [0, 0.05) is 29.4 Å². The number of rotatable bonds is 9. The zero-order valence-corrected chi connectivity index (χ0v) is 17.2. The summed E-state index contributed by atoms with van der Waals surface area (Å²) in [5.74, 6) is 0.362. The van der Waals surface area contributed by atoms with Crippen LogP contribution in [0.1, 0.15) is 18.5 Å². The first-order valence-electron chi connectivity index (χ1n) is 9.85. The minimum Gasteiger partial charge on any atom is -0.494 e. The first-order valence-corrected chi connectivity index (χ1v) is 10.7. The second-order valence-corrected chi connectivity index (χ2v) is 7.74. The van der Waals surface area contributed by atoms with E-state index in [9.17, 15) is 9.18 Å². The number of carbonyl (C=O) groups is 1. The highest BCUT2D eigenvalue weighted by Crippen LogP contribution is 2.23. The minimum absolute atomic E-state index is 0.0101. The fourth-order valence-electron chi connectivity index (χ4n) is 3.11. The van der Waals surface area contributed by atoms with Crippen molar-refractivity contribution in [3.8, 4) is 17.0 Å². The molecule has 0 spiro atoms. The van der Waals surface area contributed by atoms with Gasteiger partial charge in [-0.3, -0.25) is 9.20 Å². The van der Waals surface area contributed by atoms with Gasteiger partial charge in [-0.1, -0.05) is 30.3 Å². The third-order valence-corrected chi connectivity index (χ3v) is 5.56. The molecule has 0 fully saturated rings. The van der Waals surface area contributed by atoms with Crippen LogP contribution in [0, 0.1) is 5.82 Å². The molecular weight excluding hydrogens is 401 g/mol. The molecule has 1 amide bonds. The van der Waals surface area contributed by atoms with Gasteiger partial charge in [-0.15, -0.1) is 11.3 Å². The van der Waals surface area contributed by atoms with Crippen molar-refractivity contribution in [2.24, 2.45) is 0 Å². The number of halogens is 1. The molecule has 5 nitrogen and oxygen atoms in total. The second-order valence-electron chi connectivity index (χ2n) is 6.91. The summed E-state index contributed by atoms with van der Waals surface area (Å²) in [6.07, 6.45) is 3.92. The lowest BCUT2D eigenvalue weighted by Gasteiger charge is -2.07. The smallest absolute Gasteiger partial charge is 0.225 e. The maximum Gasteiger partial charge on any atom is 0.225 e. The Bertz CT molecular complexity index is 1110. The summed E-state index contributed by atoms with van der Waals surface area (Å²) in [5, 5.41) is 4.94. The van der Waals surface area contributed by atoms with Crippen molar-refractivity contribution in [3.05, 3.63) is 77.7 Å². The molecule has 1 N–H and O–H groups in total. The zero-order chi connectivity index (χ0) is 20.8. The second kappa shape index (κ2) is 9.54. The lowest BCUT2D eigenvalue weighted by molar-refractivity contribution is -0.120. The Morgan fingerprint density at radius 2 is 1.90 bits per heavy atom. The summed E-state index contributed by atoms with van der Waals surface area (Å²) in [5.41, 5.74) is 2.90. The molecule has 2 aromatic heterocycles. The standard InChI is InChI=1S/C23H22FN3O2S/c24-18-8-10-20(11-9-18)29-13-5-4-12-25-22(28)14-19-16-30-23-26-21(15-27(19)23)17-6-2-1-3-7-17/h1-3,6-11,15-16H,4-5,12-14H2,(H,25,28). The quantitative estimate of drug-likeness (QED) is 0.396. The van der Waals surface area contributed by atoms with Crippen LogP contribution in [0.2, 0.25) is 0 Å². The van der Waals surface area contributed by atoms with E-state index in [4.69, 9.17) is 4.74 Å². The summed E-state index contributed by atoms with van der Waals surface area (Å²) in [7, 11) is 0. The minimum atomic E-state index is -0.278. The van der Waals surface area contributed by atoms with Gasteiger partial charge in [0.1, 0.15) is 11.6 Å². The zero-order valence-electron chi connectivity index (χ0n) is 16.4. The monoisotopic (exact) mass is 423 g/mol. The number of benzene rings is 2. The van der Waals surface area contributed by atoms with E-state index in [1.54, 1.807) is 12.1 Å². The van der Waals surface area contributed by atoms with Crippen LogP contribution in [0.15, 0.2) is 66.2 Å². The molecule has 154 valence electrons. The average molecular weight is 424 g/mol. The molecule has 0 bridgehead atoms. The molecule has 0 saturated carbocycles. The van der Waals surface area contributed by atoms with Gasteiger partial charge >= 0.3 is 0 Å². The molecule has 2 aromatic carbocycles. The summed E-state index contributed by atoms with van der Waals surface area (Å²) in [6.45, 7) is 1.13. The number of hydrogen-bond donors (Lipinski definition) is 1. The Balaban J connectivity index is 1.22. The third kappa shape index (κ3) is 5.04. The van der Waals surface area contributed by atoms with Crippen LogP contribution >= 0.6 is 11.3 Å². The van der Waals surface area contributed by atoms with Crippen LogP contribution in [0.4, 0.5) is 4.39 Å². The summed E-state index contributed by atoms with van der Waals surface area (Å²) in [6, 6.07) is 16.0. The largest absolute Gasteiger partial charge is 0.494 e. The average Bonchev–Trinajstić information content (AvgIpc) is 3.34. The maximum atomic E-state index is 12.9. The lowest BCUT2D eigenvalue weighted by Crippen LogP contribution is -2.26. The topological polar surface area (TPSA) is 55.6 Å². The highest BCUT2D eigenvalue weighted by Gasteiger charge is 2.12. The molecule has 0 aliphatic rings. The van der Waals surface area contributed by atoms with Crippen molar-refractivity contribution in [2.75, 3.05) is 13.2 Å². The lowest BCUT2D eigenvalue weighted by atomic mass is 10.2. The van der Waals surface area contributed by atoms with Gasteiger partial charge < -0.3 is 10.1 Å². The van der Waals surface area contributed by atoms with Gasteiger partial charge in [0.05, 0.1) is 18.7 Å². The number of thiazole rings is 1. The number of amides is 1. The summed E-state index contributed by atoms with van der Waals surface area (Å²) < 4.78 is 20.4. The number of aromatic nitrogens is 2. The van der Waals surface area contributed by atoms with Crippen LogP contribution in [-0.2, 0) is 11.2 Å². The highest BCUT2D eigenvalue weighted by atomic mass is 32.1. The van der Waals surface area contributed by atoms with E-state index in [0.717, 1.165) is 34.8 Å². The van der Waals surface area contributed by atoms with E-state index < -0.39 is 0 Å². The van der Waals surface area contributed by atoms with Crippen LogP contribution in [0.25, 0.3) is 16.2 Å². The van der Waals surface area contributed by atoms with Crippen molar-refractivity contribution in [1.29, 1.82) is 0 Å². The summed E-state index contributed by atoms with van der Waals surface area (Å²) in [4.78, 5) is 17.8. The molecule has 2 heterocycles. The van der Waals surface area contributed by atoms with Crippen molar-refractivity contribution in [1.82, 2.24) is 14.7 Å². The predicted molar refractivity (Wildman–Crippen MR) is 116 cm³/mol. The number of nitrogens with one attached hydrogen (secondary N) is 1. The normalized spacial score (nSPS) is 11.0. The van der Waals surface area contributed by atoms with E-state index in [2.05, 4.69) is 10.3 Å². The number of imidazole rings is 1. The first kappa shape index (κ1) is 20.1. The Hall–Kier alpha value is -3.19. The number of carbonyl (C=O) groups excluding carboxylic acids is 1. The highest BCUT2D eigenvalue weighted by molar-refractivity contribution is 7.15. The van der Waals surface area contributed by atoms with Gasteiger partial charge in [0.25, 0.3) is 0 Å². The van der Waals surface area contributed by atoms with Crippen LogP contribution < -0.4 is 10.1 Å². The molecule has 0 aliphatic carbocycles. The van der Waals surface area contributed by atoms with Crippen LogP contribution in [0.3, 0.4) is 0 Å². The summed E-state index contributed by atoms with van der Waals surface area (Å²) >= 11 is 1.54. The first-order chi connectivity index (χ1) is 14.7. The Morgan fingerprint density at radius 1 is 1.10 bits per heavy atom. The Morgan fingerprint density at radius 3 is 2.70 bits per heavy atom. The molecule has 0 saturated heterocycles. The number of hydrogen-bond acceptors (Lipinski definition) is 4. The van der Waals surface area contributed by atoms with Gasteiger partial charge in [-0.25, -0.2) is 9.37 Å². The Kier molecular flexibility index (Phi) is 6.39. The maximum absolute atomic E-state index is 12.9. The molecule has 0 unspecified atom stereocenters. The molecule has 0 aliphatic heterocycles. The van der Waals surface area contributed by atoms with E-state index in [0.29, 0.717) is 25.3 Å². The fourth-order valence-corrected chi connectivity index (χ4v) is 3.98. The van der Waals surface area contributed by atoms with Gasteiger partial charge in [0.15, 0.2) is 4.96 Å². The number of nitrogens with zero attached hydrogens (tertiary/aromatic N) is 2. The predicted octanol–water partition coefficient (Wildman–Crippen LogP) is 4.72. The van der Waals surface area contributed by atoms with Gasteiger partial charge in [0.2, 0.25) is 5.91 Å². The molecule has 0 atom stereocenters. The van der Waals surface area contributed by atoms with Crippen molar-refractivity contribution < 1.29 is 13.9 Å². The van der Waals surface area contributed by atoms with Crippen molar-refractivity contribution >= 4 is 22.2 Å². The van der Waals surface area contributed by atoms with Crippen molar-refractivity contribution in [3.63, 3.8) is 0 Å². The molecule has 30 heavy (non-hydrogen) atoms. The van der Waals surface area contributed by atoms with E-state index in [-0.39, 0.29) is 11.7 Å². The molecular formula is C23H22FN3O2S. The fraction of sp³-hybridized carbons (Fsp3) is 0.217. The number of ether oxygens (including phenoxy) is 1. The molecule has 7 heteroatoms. The SMILES string of the molecule is O=C(Cc1csc2nc(-c3ccccc3)cn12)NCCCCOc1ccc(F)cc1. The molecule has 0 radical (unpaired) electrons. The van der Waals surface area contributed by atoms with Gasteiger partial charge in [-0.2, -0.15) is 0 Å². The van der Waals surface area contributed by atoms with E-state index >= 15 is 0 Å². The molecule has 4 rings (SSSR count). The molecule has 4 aromatic rings. The Labute approximate surface area is 178 Å². The van der Waals surface area contributed by atoms with Crippen molar-refractivity contribution in [2.45, 2.75) is 19.3 Å².